The Morgan fingerprint density at radius 1 is 1.48 bits per heavy atom. The minimum absolute atomic E-state index is 0.00728. The summed E-state index contributed by atoms with van der Waals surface area (Å²) in [6.07, 6.45) is 0. The van der Waals surface area contributed by atoms with E-state index in [4.69, 9.17) is 16.2 Å². The van der Waals surface area contributed by atoms with Gasteiger partial charge in [0, 0.05) is 6.54 Å². The second-order valence-electron chi connectivity index (χ2n) is 4.75. The van der Waals surface area contributed by atoms with Crippen LogP contribution in [-0.2, 0) is 19.6 Å². The third-order valence-corrected chi connectivity index (χ3v) is 5.34. The van der Waals surface area contributed by atoms with Gasteiger partial charge >= 0.3 is 0 Å². The Balaban J connectivity index is 2.50. The Morgan fingerprint density at radius 2 is 2.14 bits per heavy atom. The predicted molar refractivity (Wildman–Crippen MR) is 73.2 cm³/mol. The largest absolute Gasteiger partial charge is 0.396 e. The van der Waals surface area contributed by atoms with Crippen molar-refractivity contribution in [3.63, 3.8) is 0 Å². The second kappa shape index (κ2) is 5.58. The summed E-state index contributed by atoms with van der Waals surface area (Å²) in [5, 5.41) is 0. The summed E-state index contributed by atoms with van der Waals surface area (Å²) in [5.74, 6) is -1.49. The van der Waals surface area contributed by atoms with E-state index in [1.54, 1.807) is 0 Å². The van der Waals surface area contributed by atoms with Gasteiger partial charge in [0.05, 0.1) is 23.8 Å². The molecule has 0 spiro atoms. The molecule has 0 bridgehead atoms. The predicted octanol–water partition coefficient (Wildman–Crippen LogP) is -0.409. The zero-order valence-corrected chi connectivity index (χ0v) is 12.2. The molecular weight excluding hydrogens is 301 g/mol. The van der Waals surface area contributed by atoms with Crippen LogP contribution in [0.25, 0.3) is 0 Å². The van der Waals surface area contributed by atoms with Crippen molar-refractivity contribution in [1.82, 2.24) is 4.31 Å². The van der Waals surface area contributed by atoms with E-state index in [1.807, 2.05) is 0 Å². The number of nitrogens with zero attached hydrogens (tertiary/aromatic N) is 1. The molecule has 1 amide bonds. The number of nitrogens with two attached hydrogens (primary N) is 2. The summed E-state index contributed by atoms with van der Waals surface area (Å²) in [4.78, 5) is 11.3. The summed E-state index contributed by atoms with van der Waals surface area (Å²) in [5.41, 5.74) is 10.6. The monoisotopic (exact) mass is 317 g/mol. The Kier molecular flexibility index (Phi) is 4.17. The van der Waals surface area contributed by atoms with E-state index >= 15 is 0 Å². The Hall–Kier alpha value is -1.71. The van der Waals surface area contributed by atoms with Gasteiger partial charge in [-0.15, -0.1) is 0 Å². The molecule has 2 rings (SSSR count). The molecule has 0 radical (unpaired) electrons. The molecule has 1 aliphatic heterocycles. The minimum Gasteiger partial charge on any atom is -0.396 e. The molecule has 7 nitrogen and oxygen atoms in total. The van der Waals surface area contributed by atoms with Crippen LogP contribution in [0.2, 0.25) is 0 Å². The molecule has 1 heterocycles. The topological polar surface area (TPSA) is 116 Å². The van der Waals surface area contributed by atoms with E-state index < -0.39 is 27.8 Å². The molecule has 4 N–H and O–H groups in total. The maximum absolute atomic E-state index is 13.4. The standard InChI is InChI=1S/C12H16FN3O4S/c1-7-4-8(13)9(14)5-11(7)21(18,19)16-2-3-20-6-10(16)12(15)17/h4-5,10H,2-3,6,14H2,1H3,(H2,15,17). The maximum atomic E-state index is 13.4. The number of primary amides is 1. The van der Waals surface area contributed by atoms with E-state index in [0.717, 1.165) is 16.4 Å². The van der Waals surface area contributed by atoms with E-state index in [0.29, 0.717) is 0 Å². The van der Waals surface area contributed by atoms with Gasteiger partial charge < -0.3 is 16.2 Å². The van der Waals surface area contributed by atoms with Crippen molar-refractivity contribution in [3.8, 4) is 0 Å². The van der Waals surface area contributed by atoms with E-state index in [-0.39, 0.29) is 35.9 Å². The van der Waals surface area contributed by atoms with E-state index in [1.165, 1.54) is 6.92 Å². The second-order valence-corrected chi connectivity index (χ2v) is 6.61. The first-order chi connectivity index (χ1) is 9.75. The highest BCUT2D eigenvalue weighted by molar-refractivity contribution is 7.89. The summed E-state index contributed by atoms with van der Waals surface area (Å²) in [6, 6.07) is 1.00. The van der Waals surface area contributed by atoms with Crippen LogP contribution in [0.1, 0.15) is 5.56 Å². The molecule has 1 aromatic carbocycles. The zero-order valence-electron chi connectivity index (χ0n) is 11.4. The van der Waals surface area contributed by atoms with Gasteiger partial charge in [0.15, 0.2) is 0 Å². The third kappa shape index (κ3) is 2.85. The van der Waals surface area contributed by atoms with E-state index in [2.05, 4.69) is 0 Å². The average Bonchev–Trinajstić information content (AvgIpc) is 2.42. The molecular formula is C12H16FN3O4S. The number of sulfonamides is 1. The number of anilines is 1. The molecule has 1 unspecified atom stereocenters. The number of rotatable bonds is 3. The molecule has 0 aromatic heterocycles. The van der Waals surface area contributed by atoms with Crippen molar-refractivity contribution in [1.29, 1.82) is 0 Å². The fraction of sp³-hybridized carbons (Fsp3) is 0.417. The van der Waals surface area contributed by atoms with Gasteiger partial charge in [0.1, 0.15) is 11.9 Å². The number of carbonyl (C=O) groups is 1. The lowest BCUT2D eigenvalue weighted by Gasteiger charge is -2.32. The van der Waals surface area contributed by atoms with Gasteiger partial charge in [-0.2, -0.15) is 4.31 Å². The summed E-state index contributed by atoms with van der Waals surface area (Å²) >= 11 is 0. The number of aryl methyl sites for hydroxylation is 1. The van der Waals surface area contributed by atoms with Crippen molar-refractivity contribution in [3.05, 3.63) is 23.5 Å². The van der Waals surface area contributed by atoms with Crippen molar-refractivity contribution < 1.29 is 22.3 Å². The Labute approximate surface area is 121 Å². The van der Waals surface area contributed by atoms with Gasteiger partial charge in [0.2, 0.25) is 15.9 Å². The number of hydrogen-bond acceptors (Lipinski definition) is 5. The number of amides is 1. The maximum Gasteiger partial charge on any atom is 0.244 e. The van der Waals surface area contributed by atoms with Gasteiger partial charge in [-0.3, -0.25) is 4.79 Å². The number of nitrogen functional groups attached to an aromatic ring is 1. The SMILES string of the molecule is Cc1cc(F)c(N)cc1S(=O)(=O)N1CCOCC1C(N)=O. The molecule has 21 heavy (non-hydrogen) atoms. The van der Waals surface area contributed by atoms with Gasteiger partial charge in [-0.05, 0) is 24.6 Å². The van der Waals surface area contributed by atoms with Crippen molar-refractivity contribution >= 4 is 21.6 Å². The molecule has 0 saturated carbocycles. The molecule has 1 saturated heterocycles. The van der Waals surface area contributed by atoms with Crippen LogP contribution in [-0.4, -0.2) is 44.4 Å². The molecule has 1 aromatic rings. The number of halogens is 1. The first-order valence-electron chi connectivity index (χ1n) is 6.19. The number of morpholine rings is 1. The lowest BCUT2D eigenvalue weighted by atomic mass is 10.2. The summed E-state index contributed by atoms with van der Waals surface area (Å²) < 4.78 is 44.8. The zero-order chi connectivity index (χ0) is 15.8. The lowest BCUT2D eigenvalue weighted by Crippen LogP contribution is -2.54. The smallest absolute Gasteiger partial charge is 0.244 e. The highest BCUT2D eigenvalue weighted by Crippen LogP contribution is 2.26. The number of hydrogen-bond donors (Lipinski definition) is 2. The van der Waals surface area contributed by atoms with Crippen LogP contribution in [0, 0.1) is 12.7 Å². The number of benzene rings is 1. The lowest BCUT2D eigenvalue weighted by molar-refractivity contribution is -0.125. The van der Waals surface area contributed by atoms with Crippen LogP contribution in [0.5, 0.6) is 0 Å². The fourth-order valence-corrected chi connectivity index (χ4v) is 3.98. The minimum atomic E-state index is -4.02. The van der Waals surface area contributed by atoms with Crippen molar-refractivity contribution in [2.75, 3.05) is 25.5 Å². The number of ether oxygens (including phenoxy) is 1. The fourth-order valence-electron chi connectivity index (χ4n) is 2.17. The number of carbonyl (C=O) groups excluding carboxylic acids is 1. The van der Waals surface area contributed by atoms with Crippen LogP contribution in [0.4, 0.5) is 10.1 Å². The average molecular weight is 317 g/mol. The van der Waals surface area contributed by atoms with Crippen molar-refractivity contribution in [2.45, 2.75) is 17.9 Å². The first-order valence-corrected chi connectivity index (χ1v) is 7.63. The molecule has 9 heteroatoms. The van der Waals surface area contributed by atoms with Crippen LogP contribution in [0.3, 0.4) is 0 Å². The summed E-state index contributed by atoms with van der Waals surface area (Å²) in [6.45, 7) is 1.49. The Morgan fingerprint density at radius 3 is 2.76 bits per heavy atom. The highest BCUT2D eigenvalue weighted by Gasteiger charge is 2.38. The highest BCUT2D eigenvalue weighted by atomic mass is 32.2. The normalized spacial score (nSPS) is 20.4. The quantitative estimate of drug-likeness (QED) is 0.735. The van der Waals surface area contributed by atoms with Gasteiger partial charge in [0.25, 0.3) is 0 Å². The third-order valence-electron chi connectivity index (χ3n) is 3.29. The Bertz CT molecular complexity index is 677. The van der Waals surface area contributed by atoms with Gasteiger partial charge in [-0.1, -0.05) is 0 Å². The first kappa shape index (κ1) is 15.7. The molecule has 116 valence electrons. The van der Waals surface area contributed by atoms with Crippen LogP contribution < -0.4 is 11.5 Å². The molecule has 1 aliphatic rings. The van der Waals surface area contributed by atoms with Crippen molar-refractivity contribution in [2.24, 2.45) is 5.73 Å². The molecule has 1 atom stereocenters. The molecule has 0 aliphatic carbocycles. The molecule has 1 fully saturated rings. The van der Waals surface area contributed by atoms with Crippen LogP contribution >= 0.6 is 0 Å². The van der Waals surface area contributed by atoms with E-state index in [9.17, 15) is 17.6 Å². The summed E-state index contributed by atoms with van der Waals surface area (Å²) in [7, 11) is -4.02. The van der Waals surface area contributed by atoms with Crippen LogP contribution in [0.15, 0.2) is 17.0 Å². The van der Waals surface area contributed by atoms with Gasteiger partial charge in [-0.25, -0.2) is 12.8 Å².